The predicted molar refractivity (Wildman–Crippen MR) is 86.3 cm³/mol. The lowest BCUT2D eigenvalue weighted by atomic mass is 10.2. The van der Waals surface area contributed by atoms with Crippen molar-refractivity contribution in [3.8, 4) is 0 Å². The summed E-state index contributed by atoms with van der Waals surface area (Å²) in [6, 6.07) is 14.2. The molecule has 4 heteroatoms. The minimum atomic E-state index is 0.681. The average Bonchev–Trinajstić information content (AvgIpc) is 3.04. The van der Waals surface area contributed by atoms with Crippen molar-refractivity contribution in [3.63, 3.8) is 0 Å². The van der Waals surface area contributed by atoms with Gasteiger partial charge in [-0.25, -0.2) is 4.99 Å². The van der Waals surface area contributed by atoms with E-state index in [9.17, 15) is 0 Å². The quantitative estimate of drug-likeness (QED) is 0.607. The Hall–Kier alpha value is -2.23. The van der Waals surface area contributed by atoms with Gasteiger partial charge in [-0.3, -0.25) is 0 Å². The van der Waals surface area contributed by atoms with Gasteiger partial charge in [-0.05, 0) is 24.1 Å². The fourth-order valence-electron chi connectivity index (χ4n) is 1.93. The van der Waals surface area contributed by atoms with Crippen LogP contribution in [0, 0.1) is 0 Å². The fourth-order valence-corrected chi connectivity index (χ4v) is 1.93. The molecule has 0 saturated heterocycles. The Morgan fingerprint density at radius 1 is 1.05 bits per heavy atom. The van der Waals surface area contributed by atoms with Crippen molar-refractivity contribution >= 4 is 5.96 Å². The van der Waals surface area contributed by atoms with Crippen LogP contribution in [0.3, 0.4) is 0 Å². The molecule has 0 bridgehead atoms. The summed E-state index contributed by atoms with van der Waals surface area (Å²) in [5, 5.41) is 6.67. The minimum Gasteiger partial charge on any atom is -0.469 e. The van der Waals surface area contributed by atoms with Crippen molar-refractivity contribution in [2.45, 2.75) is 26.3 Å². The summed E-state index contributed by atoms with van der Waals surface area (Å²) in [5.41, 5.74) is 1.21. The number of benzene rings is 1. The lowest BCUT2D eigenvalue weighted by molar-refractivity contribution is 0.506. The molecule has 21 heavy (non-hydrogen) atoms. The molecule has 1 heterocycles. The lowest BCUT2D eigenvalue weighted by Crippen LogP contribution is -2.38. The first kappa shape index (κ1) is 15.2. The van der Waals surface area contributed by atoms with Gasteiger partial charge >= 0.3 is 0 Å². The normalized spacial score (nSPS) is 11.4. The van der Waals surface area contributed by atoms with Crippen LogP contribution in [0.1, 0.15) is 24.7 Å². The van der Waals surface area contributed by atoms with Crippen molar-refractivity contribution in [2.75, 3.05) is 13.1 Å². The highest BCUT2D eigenvalue weighted by Crippen LogP contribution is 2.01. The second-order valence-electron chi connectivity index (χ2n) is 4.83. The van der Waals surface area contributed by atoms with Gasteiger partial charge in [0.15, 0.2) is 5.96 Å². The van der Waals surface area contributed by atoms with Gasteiger partial charge in [-0.2, -0.15) is 0 Å². The number of guanidine groups is 1. The fraction of sp³-hybridized carbons (Fsp3) is 0.353. The zero-order chi connectivity index (χ0) is 14.8. The highest BCUT2D eigenvalue weighted by atomic mass is 16.3. The van der Waals surface area contributed by atoms with Crippen molar-refractivity contribution < 1.29 is 4.42 Å². The van der Waals surface area contributed by atoms with Gasteiger partial charge in [0.2, 0.25) is 0 Å². The second kappa shape index (κ2) is 8.84. The van der Waals surface area contributed by atoms with E-state index < -0.39 is 0 Å². The molecule has 0 fully saturated rings. The largest absolute Gasteiger partial charge is 0.469 e. The molecule has 0 aliphatic rings. The molecule has 0 aliphatic carbocycles. The highest BCUT2D eigenvalue weighted by Gasteiger charge is 2.00. The van der Waals surface area contributed by atoms with Crippen LogP contribution in [-0.2, 0) is 13.0 Å². The molecule has 0 aliphatic heterocycles. The van der Waals surface area contributed by atoms with Gasteiger partial charge in [0, 0.05) is 19.5 Å². The molecule has 112 valence electrons. The first-order valence-corrected chi connectivity index (χ1v) is 7.47. The van der Waals surface area contributed by atoms with Gasteiger partial charge in [0.05, 0.1) is 12.8 Å². The van der Waals surface area contributed by atoms with E-state index >= 15 is 0 Å². The van der Waals surface area contributed by atoms with Crippen LogP contribution in [0.5, 0.6) is 0 Å². The number of furan rings is 1. The Labute approximate surface area is 126 Å². The van der Waals surface area contributed by atoms with Gasteiger partial charge in [0.1, 0.15) is 5.76 Å². The second-order valence-corrected chi connectivity index (χ2v) is 4.83. The van der Waals surface area contributed by atoms with Crippen LogP contribution in [0.2, 0.25) is 0 Å². The molecule has 0 saturated carbocycles. The van der Waals surface area contributed by atoms with Crippen LogP contribution in [0.4, 0.5) is 0 Å². The molecule has 0 unspecified atom stereocenters. The van der Waals surface area contributed by atoms with E-state index in [1.807, 2.05) is 30.3 Å². The van der Waals surface area contributed by atoms with E-state index in [-0.39, 0.29) is 0 Å². The van der Waals surface area contributed by atoms with Crippen molar-refractivity contribution in [3.05, 3.63) is 60.1 Å². The maximum Gasteiger partial charge on any atom is 0.191 e. The maximum atomic E-state index is 5.33. The summed E-state index contributed by atoms with van der Waals surface area (Å²) in [5.74, 6) is 1.84. The number of nitrogens with one attached hydrogen (secondary N) is 2. The van der Waals surface area contributed by atoms with E-state index in [1.54, 1.807) is 6.26 Å². The first-order chi connectivity index (χ1) is 10.4. The zero-order valence-electron chi connectivity index (χ0n) is 12.5. The van der Waals surface area contributed by atoms with Gasteiger partial charge < -0.3 is 15.1 Å². The molecule has 0 atom stereocenters. The van der Waals surface area contributed by atoms with Crippen molar-refractivity contribution in [1.29, 1.82) is 0 Å². The monoisotopic (exact) mass is 285 g/mol. The molecule has 0 radical (unpaired) electrons. The molecule has 1 aromatic carbocycles. The molecule has 2 rings (SSSR count). The summed E-state index contributed by atoms with van der Waals surface area (Å²) in [6.07, 6.45) is 3.63. The van der Waals surface area contributed by atoms with Crippen LogP contribution in [-0.4, -0.2) is 19.0 Å². The first-order valence-electron chi connectivity index (χ1n) is 7.47. The van der Waals surface area contributed by atoms with Crippen LogP contribution in [0.25, 0.3) is 0 Å². The Morgan fingerprint density at radius 3 is 2.57 bits per heavy atom. The predicted octanol–water partition coefficient (Wildman–Crippen LogP) is 2.97. The molecule has 0 amide bonds. The van der Waals surface area contributed by atoms with Crippen LogP contribution >= 0.6 is 0 Å². The van der Waals surface area contributed by atoms with E-state index in [0.717, 1.165) is 37.7 Å². The molecular weight excluding hydrogens is 262 g/mol. The number of hydrogen-bond acceptors (Lipinski definition) is 2. The lowest BCUT2D eigenvalue weighted by Gasteiger charge is -2.11. The SMILES string of the molecule is CCCNC(=NCc1ccccc1)NCCc1ccco1. The smallest absolute Gasteiger partial charge is 0.191 e. The van der Waals surface area contributed by atoms with Crippen LogP contribution < -0.4 is 10.6 Å². The Kier molecular flexibility index (Phi) is 6.39. The summed E-state index contributed by atoms with van der Waals surface area (Å²) >= 11 is 0. The number of rotatable bonds is 7. The molecule has 2 N–H and O–H groups in total. The zero-order valence-corrected chi connectivity index (χ0v) is 12.5. The molecule has 4 nitrogen and oxygen atoms in total. The van der Waals surface area contributed by atoms with E-state index in [1.165, 1.54) is 5.56 Å². The van der Waals surface area contributed by atoms with E-state index in [4.69, 9.17) is 4.42 Å². The summed E-state index contributed by atoms with van der Waals surface area (Å²) < 4.78 is 5.33. The number of nitrogens with zero attached hydrogens (tertiary/aromatic N) is 1. The van der Waals surface area contributed by atoms with Crippen molar-refractivity contribution in [1.82, 2.24) is 10.6 Å². The van der Waals surface area contributed by atoms with Crippen LogP contribution in [0.15, 0.2) is 58.1 Å². The molecule has 0 spiro atoms. The number of aliphatic imine (C=N–C) groups is 1. The summed E-state index contributed by atoms with van der Waals surface area (Å²) in [4.78, 5) is 4.61. The summed E-state index contributed by atoms with van der Waals surface area (Å²) in [6.45, 7) is 4.55. The van der Waals surface area contributed by atoms with Crippen molar-refractivity contribution in [2.24, 2.45) is 4.99 Å². The molecular formula is C17H23N3O. The van der Waals surface area contributed by atoms with Gasteiger partial charge in [-0.1, -0.05) is 37.3 Å². The standard InChI is InChI=1S/C17H23N3O/c1-2-11-18-17(19-12-10-16-9-6-13-21-16)20-14-15-7-4-3-5-8-15/h3-9,13H,2,10-12,14H2,1H3,(H2,18,19,20). The minimum absolute atomic E-state index is 0.681. The van der Waals surface area contributed by atoms with E-state index in [0.29, 0.717) is 6.54 Å². The maximum absolute atomic E-state index is 5.33. The topological polar surface area (TPSA) is 49.6 Å². The molecule has 2 aromatic rings. The third-order valence-corrected chi connectivity index (χ3v) is 3.05. The average molecular weight is 285 g/mol. The third kappa shape index (κ3) is 5.73. The van der Waals surface area contributed by atoms with Gasteiger partial charge in [0.25, 0.3) is 0 Å². The third-order valence-electron chi connectivity index (χ3n) is 3.05. The molecule has 1 aromatic heterocycles. The Morgan fingerprint density at radius 2 is 1.86 bits per heavy atom. The number of hydrogen-bond donors (Lipinski definition) is 2. The van der Waals surface area contributed by atoms with Gasteiger partial charge in [-0.15, -0.1) is 0 Å². The highest BCUT2D eigenvalue weighted by molar-refractivity contribution is 5.79. The summed E-state index contributed by atoms with van der Waals surface area (Å²) in [7, 11) is 0. The Balaban J connectivity index is 1.84. The Bertz CT molecular complexity index is 520. The van der Waals surface area contributed by atoms with E-state index in [2.05, 4.69) is 34.7 Å².